The number of benzene rings is 1. The van der Waals surface area contributed by atoms with E-state index in [1.54, 1.807) is 0 Å². The molecule has 1 heterocycles. The first-order valence-electron chi connectivity index (χ1n) is 6.02. The Morgan fingerprint density at radius 2 is 1.94 bits per heavy atom. The third-order valence-electron chi connectivity index (χ3n) is 2.96. The monoisotopic (exact) mass is 258 g/mol. The van der Waals surface area contributed by atoms with Crippen molar-refractivity contribution in [3.8, 4) is 0 Å². The van der Waals surface area contributed by atoms with Gasteiger partial charge in [0, 0.05) is 23.9 Å². The Labute approximate surface area is 113 Å². The summed E-state index contributed by atoms with van der Waals surface area (Å²) in [4.78, 5) is 5.54. The first-order valence-corrected chi connectivity index (χ1v) is 7.00. The second kappa shape index (κ2) is 5.91. The fraction of sp³-hybridized carbons (Fsp3) is 0.267. The van der Waals surface area contributed by atoms with Gasteiger partial charge in [0.1, 0.15) is 5.82 Å². The zero-order chi connectivity index (χ0) is 13.0. The maximum Gasteiger partial charge on any atom is 0.125 e. The van der Waals surface area contributed by atoms with Gasteiger partial charge in [0.05, 0.1) is 0 Å². The van der Waals surface area contributed by atoms with Crippen molar-refractivity contribution in [2.24, 2.45) is 0 Å². The highest BCUT2D eigenvalue weighted by atomic mass is 32.2. The summed E-state index contributed by atoms with van der Waals surface area (Å²) in [6.45, 7) is 4.30. The zero-order valence-corrected chi connectivity index (χ0v) is 11.8. The Kier molecular flexibility index (Phi) is 4.26. The summed E-state index contributed by atoms with van der Waals surface area (Å²) in [5.41, 5.74) is 3.99. The molecule has 0 fully saturated rings. The summed E-state index contributed by atoms with van der Waals surface area (Å²) in [5, 5.41) is 3.06. The molecule has 0 spiro atoms. The smallest absolute Gasteiger partial charge is 0.125 e. The van der Waals surface area contributed by atoms with Crippen LogP contribution in [-0.2, 0) is 5.75 Å². The lowest BCUT2D eigenvalue weighted by Gasteiger charge is -2.06. The standard InChI is InChI=1S/C15H18N2S/c1-11-4-5-14(8-12(11)2)18-10-13-6-7-17-15(9-13)16-3/h4-9H,10H2,1-3H3,(H,16,17). The van der Waals surface area contributed by atoms with Crippen molar-refractivity contribution in [3.63, 3.8) is 0 Å². The number of hydrogen-bond donors (Lipinski definition) is 1. The number of aryl methyl sites for hydroxylation is 2. The Balaban J connectivity index is 2.04. The third-order valence-corrected chi connectivity index (χ3v) is 4.03. The van der Waals surface area contributed by atoms with Crippen LogP contribution in [0.5, 0.6) is 0 Å². The van der Waals surface area contributed by atoms with E-state index in [4.69, 9.17) is 0 Å². The fourth-order valence-corrected chi connectivity index (χ4v) is 2.61. The average molecular weight is 258 g/mol. The quantitative estimate of drug-likeness (QED) is 0.838. The van der Waals surface area contributed by atoms with Gasteiger partial charge < -0.3 is 5.32 Å². The summed E-state index contributed by atoms with van der Waals surface area (Å²) in [6.07, 6.45) is 1.85. The van der Waals surface area contributed by atoms with Crippen molar-refractivity contribution in [3.05, 3.63) is 53.2 Å². The van der Waals surface area contributed by atoms with E-state index in [1.165, 1.54) is 21.6 Å². The highest BCUT2D eigenvalue weighted by Gasteiger charge is 2.00. The predicted octanol–water partition coefficient (Wildman–Crippen LogP) is 4.03. The number of nitrogens with one attached hydrogen (secondary N) is 1. The molecule has 0 aliphatic rings. The van der Waals surface area contributed by atoms with Crippen LogP contribution in [-0.4, -0.2) is 12.0 Å². The van der Waals surface area contributed by atoms with Crippen LogP contribution in [0.25, 0.3) is 0 Å². The lowest BCUT2D eigenvalue weighted by atomic mass is 10.1. The normalized spacial score (nSPS) is 10.4. The van der Waals surface area contributed by atoms with Gasteiger partial charge in [-0.15, -0.1) is 11.8 Å². The summed E-state index contributed by atoms with van der Waals surface area (Å²) in [6, 6.07) is 10.8. The van der Waals surface area contributed by atoms with Gasteiger partial charge in [-0.1, -0.05) is 6.07 Å². The molecule has 0 aliphatic carbocycles. The molecule has 0 radical (unpaired) electrons. The van der Waals surface area contributed by atoms with E-state index < -0.39 is 0 Å². The second-order valence-electron chi connectivity index (χ2n) is 4.33. The van der Waals surface area contributed by atoms with E-state index in [9.17, 15) is 0 Å². The molecular formula is C15H18N2S. The van der Waals surface area contributed by atoms with Gasteiger partial charge in [-0.3, -0.25) is 0 Å². The van der Waals surface area contributed by atoms with Gasteiger partial charge in [0.2, 0.25) is 0 Å². The van der Waals surface area contributed by atoms with Crippen molar-refractivity contribution >= 4 is 17.6 Å². The van der Waals surface area contributed by atoms with E-state index in [2.05, 4.69) is 54.5 Å². The first kappa shape index (κ1) is 13.0. The van der Waals surface area contributed by atoms with Gasteiger partial charge >= 0.3 is 0 Å². The molecule has 0 saturated heterocycles. The van der Waals surface area contributed by atoms with Gasteiger partial charge in [-0.05, 0) is 54.8 Å². The van der Waals surface area contributed by atoms with Crippen LogP contribution < -0.4 is 5.32 Å². The average Bonchev–Trinajstić information content (AvgIpc) is 2.40. The maximum atomic E-state index is 4.22. The molecular weight excluding hydrogens is 240 g/mol. The number of thioether (sulfide) groups is 1. The van der Waals surface area contributed by atoms with Crippen molar-refractivity contribution in [1.82, 2.24) is 4.98 Å². The Morgan fingerprint density at radius 3 is 2.67 bits per heavy atom. The molecule has 1 aromatic heterocycles. The Morgan fingerprint density at radius 1 is 1.11 bits per heavy atom. The van der Waals surface area contributed by atoms with Crippen molar-refractivity contribution < 1.29 is 0 Å². The zero-order valence-electron chi connectivity index (χ0n) is 11.0. The van der Waals surface area contributed by atoms with Crippen LogP contribution in [0.15, 0.2) is 41.4 Å². The topological polar surface area (TPSA) is 24.9 Å². The molecule has 2 aromatic rings. The number of nitrogens with zero attached hydrogens (tertiary/aromatic N) is 1. The molecule has 2 rings (SSSR count). The van der Waals surface area contributed by atoms with Crippen molar-refractivity contribution in [1.29, 1.82) is 0 Å². The number of rotatable bonds is 4. The maximum absolute atomic E-state index is 4.22. The number of pyridine rings is 1. The van der Waals surface area contributed by atoms with E-state index in [-0.39, 0.29) is 0 Å². The molecule has 0 bridgehead atoms. The Bertz CT molecular complexity index is 538. The molecule has 18 heavy (non-hydrogen) atoms. The molecule has 0 aliphatic heterocycles. The lowest BCUT2D eigenvalue weighted by Crippen LogP contribution is -1.92. The SMILES string of the molecule is CNc1cc(CSc2ccc(C)c(C)c2)ccn1. The van der Waals surface area contributed by atoms with E-state index in [0.717, 1.165) is 11.6 Å². The molecule has 0 unspecified atom stereocenters. The highest BCUT2D eigenvalue weighted by Crippen LogP contribution is 2.25. The van der Waals surface area contributed by atoms with Crippen molar-refractivity contribution in [2.45, 2.75) is 24.5 Å². The van der Waals surface area contributed by atoms with Crippen molar-refractivity contribution in [2.75, 3.05) is 12.4 Å². The number of anilines is 1. The molecule has 0 saturated carbocycles. The van der Waals surface area contributed by atoms with Crippen LogP contribution in [0.4, 0.5) is 5.82 Å². The Hall–Kier alpha value is -1.48. The molecule has 2 nitrogen and oxygen atoms in total. The minimum atomic E-state index is 0.924. The van der Waals surface area contributed by atoms with Gasteiger partial charge in [-0.25, -0.2) is 4.98 Å². The van der Waals surface area contributed by atoms with E-state index in [0.29, 0.717) is 0 Å². The minimum absolute atomic E-state index is 0.924. The minimum Gasteiger partial charge on any atom is -0.373 e. The molecule has 1 aromatic carbocycles. The lowest BCUT2D eigenvalue weighted by molar-refractivity contribution is 1.24. The molecule has 0 atom stereocenters. The van der Waals surface area contributed by atoms with Crippen LogP contribution >= 0.6 is 11.8 Å². The van der Waals surface area contributed by atoms with E-state index >= 15 is 0 Å². The van der Waals surface area contributed by atoms with Crippen LogP contribution in [0.3, 0.4) is 0 Å². The molecule has 0 amide bonds. The van der Waals surface area contributed by atoms with Crippen LogP contribution in [0.1, 0.15) is 16.7 Å². The highest BCUT2D eigenvalue weighted by molar-refractivity contribution is 7.98. The van der Waals surface area contributed by atoms with Crippen LogP contribution in [0, 0.1) is 13.8 Å². The summed E-state index contributed by atoms with van der Waals surface area (Å²) in [7, 11) is 1.89. The second-order valence-corrected chi connectivity index (χ2v) is 5.38. The van der Waals surface area contributed by atoms with E-state index in [1.807, 2.05) is 25.0 Å². The first-order chi connectivity index (χ1) is 8.69. The molecule has 1 N–H and O–H groups in total. The predicted molar refractivity (Wildman–Crippen MR) is 79.3 cm³/mol. The fourth-order valence-electron chi connectivity index (χ4n) is 1.67. The molecule has 94 valence electrons. The van der Waals surface area contributed by atoms with Gasteiger partial charge in [0.25, 0.3) is 0 Å². The molecule has 3 heteroatoms. The van der Waals surface area contributed by atoms with Gasteiger partial charge in [0.15, 0.2) is 0 Å². The number of hydrogen-bond acceptors (Lipinski definition) is 3. The van der Waals surface area contributed by atoms with Gasteiger partial charge in [-0.2, -0.15) is 0 Å². The number of aromatic nitrogens is 1. The van der Waals surface area contributed by atoms with Crippen LogP contribution in [0.2, 0.25) is 0 Å². The largest absolute Gasteiger partial charge is 0.373 e. The summed E-state index contributed by atoms with van der Waals surface area (Å²) in [5.74, 6) is 1.90. The third kappa shape index (κ3) is 3.26. The summed E-state index contributed by atoms with van der Waals surface area (Å²) >= 11 is 1.86. The summed E-state index contributed by atoms with van der Waals surface area (Å²) < 4.78 is 0.